The summed E-state index contributed by atoms with van der Waals surface area (Å²) >= 11 is 0. The van der Waals surface area contributed by atoms with Gasteiger partial charge in [0.15, 0.2) is 0 Å². The first kappa shape index (κ1) is 21.5. The van der Waals surface area contributed by atoms with Crippen molar-refractivity contribution in [1.29, 1.82) is 0 Å². The average Bonchev–Trinajstić information content (AvgIpc) is 2.59. The van der Waals surface area contributed by atoms with Crippen molar-refractivity contribution in [3.05, 3.63) is 59.4 Å². The van der Waals surface area contributed by atoms with Crippen LogP contribution in [0.25, 0.3) is 0 Å². The van der Waals surface area contributed by atoms with Gasteiger partial charge in [-0.05, 0) is 48.7 Å². The van der Waals surface area contributed by atoms with E-state index in [2.05, 4.69) is 10.0 Å². The lowest BCUT2D eigenvalue weighted by Crippen LogP contribution is -2.47. The van der Waals surface area contributed by atoms with Crippen LogP contribution in [0, 0.1) is 18.7 Å². The van der Waals surface area contributed by atoms with Gasteiger partial charge in [-0.15, -0.1) is 0 Å². The van der Waals surface area contributed by atoms with Crippen molar-refractivity contribution >= 4 is 27.5 Å². The molecule has 0 spiro atoms. The van der Waals surface area contributed by atoms with E-state index in [1.807, 2.05) is 0 Å². The number of amides is 2. The Labute approximate surface area is 163 Å². The van der Waals surface area contributed by atoms with Crippen molar-refractivity contribution in [1.82, 2.24) is 4.72 Å². The number of nitrogens with two attached hydrogens (primary N) is 1. The van der Waals surface area contributed by atoms with Crippen LogP contribution in [0.4, 0.5) is 10.1 Å². The Morgan fingerprint density at radius 2 is 1.75 bits per heavy atom. The van der Waals surface area contributed by atoms with Gasteiger partial charge in [0.2, 0.25) is 21.8 Å². The molecule has 0 radical (unpaired) electrons. The lowest BCUT2D eigenvalue weighted by Gasteiger charge is -2.22. The lowest BCUT2D eigenvalue weighted by molar-refractivity contribution is -0.118. The highest BCUT2D eigenvalue weighted by molar-refractivity contribution is 7.89. The van der Waals surface area contributed by atoms with Crippen LogP contribution in [0.3, 0.4) is 0 Å². The third kappa shape index (κ3) is 4.93. The molecule has 2 rings (SSSR count). The SMILES string of the molecule is Cc1cc(NC(=O)[C@@H](NS(=O)(=O)c2ccccc2F)C(C)C)ccc1C(N)=O. The molecule has 0 aromatic heterocycles. The molecule has 9 heteroatoms. The maximum atomic E-state index is 13.9. The van der Waals surface area contributed by atoms with E-state index in [9.17, 15) is 22.4 Å². The number of carbonyl (C=O) groups is 2. The van der Waals surface area contributed by atoms with Crippen molar-refractivity contribution in [3.63, 3.8) is 0 Å². The summed E-state index contributed by atoms with van der Waals surface area (Å²) in [6.45, 7) is 4.99. The van der Waals surface area contributed by atoms with Gasteiger partial charge in [0.05, 0.1) is 0 Å². The van der Waals surface area contributed by atoms with Crippen molar-refractivity contribution in [2.24, 2.45) is 11.7 Å². The summed E-state index contributed by atoms with van der Waals surface area (Å²) in [7, 11) is -4.25. The minimum absolute atomic E-state index is 0.318. The van der Waals surface area contributed by atoms with Crippen molar-refractivity contribution in [2.45, 2.75) is 31.7 Å². The number of primary amides is 1. The second-order valence-electron chi connectivity index (χ2n) is 6.66. The van der Waals surface area contributed by atoms with E-state index in [0.717, 1.165) is 12.1 Å². The van der Waals surface area contributed by atoms with Crippen LogP contribution < -0.4 is 15.8 Å². The molecule has 2 amide bonds. The van der Waals surface area contributed by atoms with E-state index in [1.165, 1.54) is 24.3 Å². The van der Waals surface area contributed by atoms with Crippen molar-refractivity contribution < 1.29 is 22.4 Å². The Morgan fingerprint density at radius 1 is 1.11 bits per heavy atom. The predicted molar refractivity (Wildman–Crippen MR) is 104 cm³/mol. The summed E-state index contributed by atoms with van der Waals surface area (Å²) in [6.07, 6.45) is 0. The first-order valence-electron chi connectivity index (χ1n) is 8.51. The fraction of sp³-hybridized carbons (Fsp3) is 0.263. The number of nitrogens with one attached hydrogen (secondary N) is 2. The number of carbonyl (C=O) groups excluding carboxylic acids is 2. The van der Waals surface area contributed by atoms with E-state index < -0.39 is 44.5 Å². The number of anilines is 1. The summed E-state index contributed by atoms with van der Waals surface area (Å²) in [5.41, 5.74) is 6.52. The zero-order chi connectivity index (χ0) is 21.1. The summed E-state index contributed by atoms with van der Waals surface area (Å²) in [5, 5.41) is 2.61. The number of rotatable bonds is 7. The monoisotopic (exact) mass is 407 g/mol. The quantitative estimate of drug-likeness (QED) is 0.652. The molecule has 0 saturated heterocycles. The second kappa shape index (κ2) is 8.49. The fourth-order valence-electron chi connectivity index (χ4n) is 2.62. The fourth-order valence-corrected chi connectivity index (χ4v) is 4.05. The van der Waals surface area contributed by atoms with Gasteiger partial charge in [-0.1, -0.05) is 26.0 Å². The van der Waals surface area contributed by atoms with Crippen molar-refractivity contribution in [3.8, 4) is 0 Å². The third-order valence-corrected chi connectivity index (χ3v) is 5.59. The van der Waals surface area contributed by atoms with Gasteiger partial charge >= 0.3 is 0 Å². The first-order chi connectivity index (χ1) is 13.0. The lowest BCUT2D eigenvalue weighted by atomic mass is 10.0. The van der Waals surface area contributed by atoms with Crippen LogP contribution in [0.5, 0.6) is 0 Å². The molecule has 0 aliphatic carbocycles. The van der Waals surface area contributed by atoms with E-state index in [0.29, 0.717) is 16.8 Å². The van der Waals surface area contributed by atoms with Crippen LogP contribution in [0.1, 0.15) is 29.8 Å². The highest BCUT2D eigenvalue weighted by Gasteiger charge is 2.30. The predicted octanol–water partition coefficient (Wildman–Crippen LogP) is 2.17. The Hall–Kier alpha value is -2.78. The molecule has 0 saturated carbocycles. The normalized spacial score (nSPS) is 12.6. The molecule has 0 aliphatic rings. The second-order valence-corrected chi connectivity index (χ2v) is 8.34. The Bertz CT molecular complexity index is 1010. The summed E-state index contributed by atoms with van der Waals surface area (Å²) in [6, 6.07) is 8.31. The third-order valence-electron chi connectivity index (χ3n) is 4.12. The van der Waals surface area contributed by atoms with Gasteiger partial charge in [0, 0.05) is 11.3 Å². The van der Waals surface area contributed by atoms with E-state index in [1.54, 1.807) is 26.8 Å². The molecule has 28 heavy (non-hydrogen) atoms. The highest BCUT2D eigenvalue weighted by Crippen LogP contribution is 2.18. The molecule has 1 atom stereocenters. The standard InChI is InChI=1S/C19H22FN3O4S/c1-11(2)17(23-28(26,27)16-7-5-4-6-15(16)20)19(25)22-13-8-9-14(18(21)24)12(3)10-13/h4-11,17,23H,1-3H3,(H2,21,24)(H,22,25)/t17-/m0/s1. The van der Waals surface area contributed by atoms with Crippen LogP contribution in [-0.2, 0) is 14.8 Å². The molecule has 0 fully saturated rings. The molecule has 0 heterocycles. The molecule has 4 N–H and O–H groups in total. The number of halogens is 1. The van der Waals surface area contributed by atoms with E-state index in [-0.39, 0.29) is 0 Å². The molecule has 150 valence electrons. The average molecular weight is 407 g/mol. The van der Waals surface area contributed by atoms with Crippen LogP contribution in [-0.4, -0.2) is 26.3 Å². The maximum absolute atomic E-state index is 13.9. The van der Waals surface area contributed by atoms with Gasteiger partial charge < -0.3 is 11.1 Å². The van der Waals surface area contributed by atoms with Crippen molar-refractivity contribution in [2.75, 3.05) is 5.32 Å². The smallest absolute Gasteiger partial charge is 0.248 e. The van der Waals surface area contributed by atoms with Gasteiger partial charge in [0.25, 0.3) is 0 Å². The number of aryl methyl sites for hydroxylation is 1. The molecule has 0 unspecified atom stereocenters. The molecule has 0 bridgehead atoms. The molecular formula is C19H22FN3O4S. The Kier molecular flexibility index (Phi) is 6.52. The summed E-state index contributed by atoms with van der Waals surface area (Å²) in [4.78, 5) is 23.4. The zero-order valence-electron chi connectivity index (χ0n) is 15.7. The number of sulfonamides is 1. The minimum atomic E-state index is -4.25. The largest absolute Gasteiger partial charge is 0.366 e. The van der Waals surface area contributed by atoms with Gasteiger partial charge in [0.1, 0.15) is 16.8 Å². The molecule has 7 nitrogen and oxygen atoms in total. The molecule has 2 aromatic carbocycles. The van der Waals surface area contributed by atoms with E-state index in [4.69, 9.17) is 5.73 Å². The summed E-state index contributed by atoms with van der Waals surface area (Å²) in [5.74, 6) is -2.52. The van der Waals surface area contributed by atoms with Crippen LogP contribution in [0.2, 0.25) is 0 Å². The van der Waals surface area contributed by atoms with Gasteiger partial charge in [-0.2, -0.15) is 4.72 Å². The highest BCUT2D eigenvalue weighted by atomic mass is 32.2. The Balaban J connectivity index is 2.24. The van der Waals surface area contributed by atoms with Gasteiger partial charge in [-0.3, -0.25) is 9.59 Å². The molecule has 0 aliphatic heterocycles. The van der Waals surface area contributed by atoms with Gasteiger partial charge in [-0.25, -0.2) is 12.8 Å². The minimum Gasteiger partial charge on any atom is -0.366 e. The Morgan fingerprint density at radius 3 is 2.29 bits per heavy atom. The molecular weight excluding hydrogens is 385 g/mol. The number of hydrogen-bond acceptors (Lipinski definition) is 4. The summed E-state index contributed by atoms with van der Waals surface area (Å²) < 4.78 is 41.2. The van der Waals surface area contributed by atoms with Crippen LogP contribution in [0.15, 0.2) is 47.4 Å². The zero-order valence-corrected chi connectivity index (χ0v) is 16.5. The molecule has 2 aromatic rings. The maximum Gasteiger partial charge on any atom is 0.248 e. The number of benzene rings is 2. The van der Waals surface area contributed by atoms with E-state index >= 15 is 0 Å². The first-order valence-corrected chi connectivity index (χ1v) is 9.99. The topological polar surface area (TPSA) is 118 Å². The number of hydrogen-bond donors (Lipinski definition) is 3. The van der Waals surface area contributed by atoms with Crippen LogP contribution >= 0.6 is 0 Å².